The van der Waals surface area contributed by atoms with Crippen molar-refractivity contribution in [2.45, 2.75) is 27.7 Å². The second-order valence-corrected chi connectivity index (χ2v) is 24.4. The lowest BCUT2D eigenvalue weighted by molar-refractivity contribution is -0.145. The first kappa shape index (κ1) is 93.2. The molecule has 602 valence electrons. The molecule has 0 amide bonds. The number of nitrogen functional groups attached to an aromatic ring is 2. The number of nitrogens with two attached hydrogens (primary N) is 2. The average molecular weight is 1620 g/mol. The fraction of sp³-hybridized carbons (Fsp3) is 0.0989. The Morgan fingerprint density at radius 3 is 0.872 bits per heavy atom. The van der Waals surface area contributed by atoms with E-state index in [-0.39, 0.29) is 50.5 Å². The van der Waals surface area contributed by atoms with Crippen LogP contribution in [0.5, 0.6) is 40.2 Å². The summed E-state index contributed by atoms with van der Waals surface area (Å²) in [5.74, 6) is 1.95. The molecule has 0 aromatic heterocycles. The number of hydrogen-bond donors (Lipinski definition) is 8. The summed E-state index contributed by atoms with van der Waals surface area (Å²) in [6.45, 7) is 16.6. The Morgan fingerprint density at radius 2 is 0.632 bits per heavy atom. The number of aliphatic hydroxyl groups excluding tert-OH is 3. The third-order valence-electron chi connectivity index (χ3n) is 15.1. The topological polar surface area (TPSA) is 371 Å². The molecule has 0 fully saturated rings. The Balaban J connectivity index is 0.000000273. The number of esters is 2. The van der Waals surface area contributed by atoms with Crippen LogP contribution in [0.25, 0.3) is 0 Å². The van der Waals surface area contributed by atoms with Gasteiger partial charge in [0.1, 0.15) is 52.6 Å². The molecule has 117 heavy (non-hydrogen) atoms. The predicted molar refractivity (Wildman–Crippen MR) is 466 cm³/mol. The number of anilines is 2. The highest BCUT2D eigenvalue weighted by Gasteiger charge is 2.06. The van der Waals surface area contributed by atoms with Gasteiger partial charge in [0.15, 0.2) is 13.6 Å². The predicted octanol–water partition coefficient (Wildman–Crippen LogP) is 18.2. The van der Waals surface area contributed by atoms with E-state index in [4.69, 9.17) is 71.9 Å². The summed E-state index contributed by atoms with van der Waals surface area (Å²) in [6.07, 6.45) is 14.5. The maximum atomic E-state index is 11.0. The van der Waals surface area contributed by atoms with E-state index in [0.717, 1.165) is 126 Å². The number of aryl methyl sites for hydroxylation is 4. The maximum absolute atomic E-state index is 11.0. The van der Waals surface area contributed by atoms with E-state index in [2.05, 4.69) is 61.3 Å². The van der Waals surface area contributed by atoms with Crippen molar-refractivity contribution >= 4 is 129 Å². The fourth-order valence-electron chi connectivity index (χ4n) is 9.02. The first-order valence-electron chi connectivity index (χ1n) is 35.2. The molecule has 0 spiro atoms. The molecular formula is C91H88Cl2N8O16. The molecule has 10 N–H and O–H groups in total. The fourth-order valence-corrected chi connectivity index (χ4v) is 9.02. The first-order chi connectivity index (χ1) is 56.4. The van der Waals surface area contributed by atoms with Crippen molar-refractivity contribution in [2.75, 3.05) is 44.7 Å². The molecule has 0 aliphatic carbocycles. The van der Waals surface area contributed by atoms with Crippen LogP contribution in [0.2, 0.25) is 0 Å². The van der Waals surface area contributed by atoms with Gasteiger partial charge in [0.25, 0.3) is 0 Å². The van der Waals surface area contributed by atoms with E-state index in [1.165, 1.54) is 12.1 Å². The zero-order chi connectivity index (χ0) is 85.1. The monoisotopic (exact) mass is 1620 g/mol. The number of rotatable bonds is 26. The van der Waals surface area contributed by atoms with Crippen LogP contribution in [0.3, 0.4) is 0 Å². The minimum atomic E-state index is -0.540. The van der Waals surface area contributed by atoms with Gasteiger partial charge in [0.05, 0.1) is 34.1 Å². The molecule has 11 aromatic carbocycles. The number of aromatic hydroxyl groups is 3. The molecule has 0 unspecified atom stereocenters. The number of aliphatic hydroxyl groups is 3. The molecule has 0 bridgehead atoms. The Kier molecular flexibility index (Phi) is 42.0. The number of carbonyl (C=O) groups is 4. The number of carbonyl (C=O) groups excluding carboxylic acids is 4. The number of benzene rings is 11. The van der Waals surface area contributed by atoms with E-state index in [0.29, 0.717) is 28.6 Å². The smallest absolute Gasteiger partial charge is 0.333 e. The number of aliphatic imine (C=N–C) groups is 6. The van der Waals surface area contributed by atoms with Gasteiger partial charge in [0, 0.05) is 66.4 Å². The van der Waals surface area contributed by atoms with Crippen LogP contribution in [-0.4, -0.2) is 125 Å². The number of halogens is 2. The van der Waals surface area contributed by atoms with Crippen LogP contribution in [0.15, 0.2) is 311 Å². The molecule has 11 rings (SSSR count). The molecule has 0 saturated carbocycles. The number of nitrogens with zero attached hydrogens (tertiary/aromatic N) is 6. The van der Waals surface area contributed by atoms with Gasteiger partial charge in [-0.3, -0.25) is 39.5 Å². The van der Waals surface area contributed by atoms with Crippen molar-refractivity contribution in [2.24, 2.45) is 30.0 Å². The van der Waals surface area contributed by atoms with Crippen molar-refractivity contribution in [1.82, 2.24) is 0 Å². The van der Waals surface area contributed by atoms with E-state index in [1.807, 2.05) is 167 Å². The molecule has 0 radical (unpaired) electrons. The number of phenols is 3. The standard InChI is InChI=1S/C29H26N2O6.C23H22N2O4.C21H18N2O2.C7H10N2.C7H6O2.C3H3ClO.CH3ClO/c1-4-28(32)36-19-34-25-11-6-22(7-12-25)17-30-24-10-15-27(21(3)16-24)31-18-23-8-13-26(14-9-23)35-20-37-29(33)5-2;1-17-12-20(24-13-18-2-7-21(8-3-18)28-15-26)6-11-23(17)25-14-19-4-9-22(10-5-19)29-16-27;1-15-12-18(22-13-16-2-7-19(24)8-3-16)6-11-21(15)23-14-17-4-9-20(25)10-5-17;1-5-4-6(8)2-3-7(5)9;8-5-6-1-3-7(9)4-2-6;1-2-3(4)5;2-1-3/h4-18H,1-2,19-20H2,3H3;2-14,26-27H,15-16H2,1H3;2-14,24-25H,1H3;2-4H,8-9H2,1H3;1-5,9H;2H,1H2;3H,1H2. The summed E-state index contributed by atoms with van der Waals surface area (Å²) in [5.41, 5.74) is 27.7. The van der Waals surface area contributed by atoms with Gasteiger partial charge in [-0.1, -0.05) is 31.3 Å². The average Bonchev–Trinajstić information content (AvgIpc) is 0.869. The van der Waals surface area contributed by atoms with Crippen LogP contribution in [-0.2, 0) is 23.9 Å². The number of phenolic OH excluding ortho intramolecular Hbond substituents is 3. The number of allylic oxidation sites excluding steroid dienone is 1. The molecule has 11 aromatic rings. The van der Waals surface area contributed by atoms with Gasteiger partial charge in [-0.25, -0.2) is 9.59 Å². The van der Waals surface area contributed by atoms with Gasteiger partial charge in [-0.15, -0.1) is 0 Å². The Morgan fingerprint density at radius 1 is 0.368 bits per heavy atom. The van der Waals surface area contributed by atoms with Gasteiger partial charge < -0.3 is 70.5 Å². The zero-order valence-corrected chi connectivity index (χ0v) is 65.9. The molecule has 0 saturated heterocycles. The SMILES string of the molecule is C=CC(=O)Cl.C=CC(=O)OCOc1ccc(C=Nc2ccc(N=Cc3ccc(OCOC(=O)C=C)cc3)c(C)c2)cc1.Cc1cc(N)ccc1N.Cc1cc(N=Cc2ccc(O)cc2)ccc1N=Cc1ccc(O)cc1.Cc1cc(N=Cc2ccc(OCO)cc2)ccc1N=Cc1ccc(OCO)cc1.O=Cc1ccc(O)cc1.OCCl. The third-order valence-corrected chi connectivity index (χ3v) is 15.3. The van der Waals surface area contributed by atoms with E-state index in [9.17, 15) is 29.4 Å². The second kappa shape index (κ2) is 52.8. The van der Waals surface area contributed by atoms with Crippen LogP contribution >= 0.6 is 23.2 Å². The van der Waals surface area contributed by atoms with Crippen molar-refractivity contribution in [3.05, 3.63) is 342 Å². The summed E-state index contributed by atoms with van der Waals surface area (Å²) in [5, 5.41) is 51.6. The molecule has 0 heterocycles. The summed E-state index contributed by atoms with van der Waals surface area (Å²) in [6, 6.07) is 71.5. The molecule has 0 aliphatic heterocycles. The third kappa shape index (κ3) is 37.7. The van der Waals surface area contributed by atoms with Crippen LogP contribution in [0.1, 0.15) is 66.0 Å². The molecular weight excluding hydrogens is 1530 g/mol. The van der Waals surface area contributed by atoms with Crippen LogP contribution in [0, 0.1) is 27.7 Å². The van der Waals surface area contributed by atoms with Gasteiger partial charge in [-0.2, -0.15) is 0 Å². The zero-order valence-electron chi connectivity index (χ0n) is 64.4. The second-order valence-electron chi connectivity index (χ2n) is 23.8. The van der Waals surface area contributed by atoms with Crippen molar-refractivity contribution in [1.29, 1.82) is 0 Å². The number of aldehydes is 1. The van der Waals surface area contributed by atoms with Gasteiger partial charge >= 0.3 is 11.9 Å². The van der Waals surface area contributed by atoms with Crippen LogP contribution < -0.4 is 30.4 Å². The minimum Gasteiger partial charge on any atom is -0.508 e. The molecule has 0 aliphatic rings. The summed E-state index contributed by atoms with van der Waals surface area (Å²) in [4.78, 5) is 68.6. The van der Waals surface area contributed by atoms with Gasteiger partial charge in [0.2, 0.25) is 18.8 Å². The Bertz CT molecular complexity index is 5140. The van der Waals surface area contributed by atoms with E-state index < -0.39 is 17.2 Å². The minimum absolute atomic E-state index is 0.179. The van der Waals surface area contributed by atoms with Crippen LogP contribution in [0.4, 0.5) is 45.5 Å². The maximum Gasteiger partial charge on any atom is 0.333 e. The number of hydrogen-bond acceptors (Lipinski definition) is 24. The Labute approximate surface area is 688 Å². The lowest BCUT2D eigenvalue weighted by Crippen LogP contribution is -2.07. The quantitative estimate of drug-likeness (QED) is 0.00365. The van der Waals surface area contributed by atoms with E-state index in [1.54, 1.807) is 128 Å². The highest BCUT2D eigenvalue weighted by atomic mass is 35.5. The highest BCUT2D eigenvalue weighted by Crippen LogP contribution is 2.29. The normalized spacial score (nSPS) is 10.5. The lowest BCUT2D eigenvalue weighted by atomic mass is 10.1. The molecule has 0 atom stereocenters. The molecule has 26 heteroatoms. The number of ether oxygens (including phenoxy) is 6. The van der Waals surface area contributed by atoms with E-state index >= 15 is 0 Å². The first-order valence-corrected chi connectivity index (χ1v) is 36.1. The number of alkyl halides is 1. The Hall–Kier alpha value is -14.4. The lowest BCUT2D eigenvalue weighted by Gasteiger charge is -2.06. The van der Waals surface area contributed by atoms with Crippen molar-refractivity contribution in [3.63, 3.8) is 0 Å². The summed E-state index contributed by atoms with van der Waals surface area (Å²) in [7, 11) is 0. The van der Waals surface area contributed by atoms with Crippen molar-refractivity contribution in [3.8, 4) is 40.2 Å². The largest absolute Gasteiger partial charge is 0.508 e. The summed E-state index contributed by atoms with van der Waals surface area (Å²) >= 11 is 9.26. The van der Waals surface area contributed by atoms with Gasteiger partial charge in [-0.05, 0) is 344 Å². The van der Waals surface area contributed by atoms with Crippen molar-refractivity contribution < 1.29 is 78.2 Å². The highest BCUT2D eigenvalue weighted by molar-refractivity contribution is 6.66. The molecule has 24 nitrogen and oxygen atoms in total. The summed E-state index contributed by atoms with van der Waals surface area (Å²) < 4.78 is 30.3.